The summed E-state index contributed by atoms with van der Waals surface area (Å²) in [5.41, 5.74) is 1.82. The van der Waals surface area contributed by atoms with Crippen LogP contribution < -0.4 is 9.46 Å². The van der Waals surface area contributed by atoms with Crippen molar-refractivity contribution in [3.05, 3.63) is 59.7 Å². The lowest BCUT2D eigenvalue weighted by Gasteiger charge is -2.24. The van der Waals surface area contributed by atoms with Gasteiger partial charge < -0.3 is 4.74 Å². The van der Waals surface area contributed by atoms with E-state index < -0.39 is 10.0 Å². The predicted molar refractivity (Wildman–Crippen MR) is 87.3 cm³/mol. The molecule has 118 valence electrons. The zero-order chi connectivity index (χ0) is 15.9. The number of ether oxygens (including phenoxy) is 1. The van der Waals surface area contributed by atoms with Gasteiger partial charge in [0.05, 0.1) is 11.5 Å². The second-order valence-electron chi connectivity index (χ2n) is 5.78. The molecule has 0 fully saturated rings. The first-order valence-corrected chi connectivity index (χ1v) is 8.99. The van der Waals surface area contributed by atoms with E-state index in [9.17, 15) is 8.42 Å². The third-order valence-electron chi connectivity index (χ3n) is 4.13. The third kappa shape index (κ3) is 2.59. The van der Waals surface area contributed by atoms with Gasteiger partial charge in [-0.15, -0.1) is 0 Å². The zero-order valence-electron chi connectivity index (χ0n) is 12.4. The smallest absolute Gasteiger partial charge is 0.263 e. The van der Waals surface area contributed by atoms with E-state index >= 15 is 0 Å². The lowest BCUT2D eigenvalue weighted by Crippen LogP contribution is -2.26. The number of nitrogens with zero attached hydrogens (tertiary/aromatic N) is 1. The molecule has 6 heteroatoms. The predicted octanol–water partition coefficient (Wildman–Crippen LogP) is 1.98. The van der Waals surface area contributed by atoms with Gasteiger partial charge in [0.2, 0.25) is 0 Å². The highest BCUT2D eigenvalue weighted by Gasteiger charge is 2.30. The van der Waals surface area contributed by atoms with E-state index in [1.54, 1.807) is 18.2 Å². The molecule has 23 heavy (non-hydrogen) atoms. The van der Waals surface area contributed by atoms with Gasteiger partial charge in [0, 0.05) is 18.0 Å². The van der Waals surface area contributed by atoms with E-state index in [0.717, 1.165) is 12.2 Å². The zero-order valence-corrected chi connectivity index (χ0v) is 13.2. The van der Waals surface area contributed by atoms with Crippen LogP contribution in [0.5, 0.6) is 5.75 Å². The number of benzene rings is 2. The number of amidine groups is 1. The molecule has 4 rings (SSSR count). The maximum Gasteiger partial charge on any atom is 0.263 e. The van der Waals surface area contributed by atoms with Crippen LogP contribution in [-0.2, 0) is 16.4 Å². The Kier molecular flexibility index (Phi) is 3.34. The van der Waals surface area contributed by atoms with Gasteiger partial charge in [0.15, 0.2) is 0 Å². The summed E-state index contributed by atoms with van der Waals surface area (Å²) in [6, 6.07) is 14.9. The molecule has 0 radical (unpaired) electrons. The Morgan fingerprint density at radius 2 is 1.91 bits per heavy atom. The minimum Gasteiger partial charge on any atom is -0.493 e. The summed E-state index contributed by atoms with van der Waals surface area (Å²) in [6.45, 7) is 1.13. The Hall–Kier alpha value is -2.34. The SMILES string of the molecule is O=S1(=O)NC(=NC[C@H]2COc3ccccc3C2)c2ccccc21. The minimum absolute atomic E-state index is 0.245. The highest BCUT2D eigenvalue weighted by Crippen LogP contribution is 2.27. The van der Waals surface area contributed by atoms with Gasteiger partial charge in [-0.05, 0) is 30.2 Å². The Balaban J connectivity index is 1.55. The molecular weight excluding hydrogens is 312 g/mol. The van der Waals surface area contributed by atoms with Crippen molar-refractivity contribution in [3.63, 3.8) is 0 Å². The van der Waals surface area contributed by atoms with E-state index in [2.05, 4.69) is 15.8 Å². The fourth-order valence-electron chi connectivity index (χ4n) is 2.98. The van der Waals surface area contributed by atoms with Gasteiger partial charge in [-0.25, -0.2) is 8.42 Å². The monoisotopic (exact) mass is 328 g/mol. The summed E-state index contributed by atoms with van der Waals surface area (Å²) in [5, 5.41) is 0. The van der Waals surface area contributed by atoms with Gasteiger partial charge in [-0.1, -0.05) is 30.3 Å². The number of hydrogen-bond acceptors (Lipinski definition) is 4. The third-order valence-corrected chi connectivity index (χ3v) is 5.52. The normalized spacial score (nSPS) is 22.8. The largest absolute Gasteiger partial charge is 0.493 e. The van der Waals surface area contributed by atoms with Crippen molar-refractivity contribution in [1.29, 1.82) is 0 Å². The molecule has 0 saturated heterocycles. The maximum atomic E-state index is 12.1. The van der Waals surface area contributed by atoms with Crippen molar-refractivity contribution in [1.82, 2.24) is 4.72 Å². The molecule has 0 aliphatic carbocycles. The summed E-state index contributed by atoms with van der Waals surface area (Å²) >= 11 is 0. The van der Waals surface area contributed by atoms with Crippen LogP contribution in [0.3, 0.4) is 0 Å². The van der Waals surface area contributed by atoms with Crippen LogP contribution in [0.15, 0.2) is 58.4 Å². The maximum absolute atomic E-state index is 12.1. The molecule has 0 spiro atoms. The molecule has 5 nitrogen and oxygen atoms in total. The second kappa shape index (κ2) is 5.38. The molecule has 0 unspecified atom stereocenters. The first-order chi connectivity index (χ1) is 11.1. The number of nitrogens with one attached hydrogen (secondary N) is 1. The number of aliphatic imine (C=N–C) groups is 1. The molecule has 0 saturated carbocycles. The molecule has 1 N–H and O–H groups in total. The fraction of sp³-hybridized carbons (Fsp3) is 0.235. The molecule has 0 aromatic heterocycles. The summed E-state index contributed by atoms with van der Waals surface area (Å²) in [7, 11) is -3.47. The summed E-state index contributed by atoms with van der Waals surface area (Å²) in [4.78, 5) is 4.80. The molecule has 0 bridgehead atoms. The molecule has 2 aliphatic heterocycles. The van der Waals surface area contributed by atoms with Gasteiger partial charge in [-0.2, -0.15) is 0 Å². The number of hydrogen-bond donors (Lipinski definition) is 1. The Morgan fingerprint density at radius 3 is 2.83 bits per heavy atom. The Morgan fingerprint density at radius 1 is 1.13 bits per heavy atom. The van der Waals surface area contributed by atoms with Crippen molar-refractivity contribution < 1.29 is 13.2 Å². The molecule has 2 aromatic rings. The molecule has 1 atom stereocenters. The van der Waals surface area contributed by atoms with Crippen LogP contribution in [0, 0.1) is 5.92 Å². The standard InChI is InChI=1S/C17H16N2O3S/c20-23(21)16-8-4-2-6-14(16)17(19-23)18-10-12-9-13-5-1-3-7-15(13)22-11-12/h1-8,12H,9-11H2,(H,18,19)/t12-/m0/s1. The van der Waals surface area contributed by atoms with Gasteiger partial charge in [0.1, 0.15) is 11.6 Å². The van der Waals surface area contributed by atoms with E-state index in [1.807, 2.05) is 24.3 Å². The molecule has 2 heterocycles. The summed E-state index contributed by atoms with van der Waals surface area (Å²) < 4.78 is 32.4. The van der Waals surface area contributed by atoms with E-state index in [-0.39, 0.29) is 5.92 Å². The average Bonchev–Trinajstić information content (AvgIpc) is 2.84. The molecular formula is C17H16N2O3S. The van der Waals surface area contributed by atoms with Crippen LogP contribution >= 0.6 is 0 Å². The highest BCUT2D eigenvalue weighted by molar-refractivity contribution is 7.90. The first kappa shape index (κ1) is 14.3. The van der Waals surface area contributed by atoms with Crippen LogP contribution in [0.25, 0.3) is 0 Å². The lowest BCUT2D eigenvalue weighted by atomic mass is 9.97. The van der Waals surface area contributed by atoms with Crippen LogP contribution in [0.4, 0.5) is 0 Å². The number of fused-ring (bicyclic) bond motifs is 2. The van der Waals surface area contributed by atoms with Crippen molar-refractivity contribution >= 4 is 15.9 Å². The van der Waals surface area contributed by atoms with E-state index in [1.165, 1.54) is 5.56 Å². The molecule has 0 amide bonds. The number of para-hydroxylation sites is 1. The van der Waals surface area contributed by atoms with E-state index in [4.69, 9.17) is 4.74 Å². The minimum atomic E-state index is -3.47. The number of rotatable bonds is 2. The van der Waals surface area contributed by atoms with Crippen LogP contribution in [0.2, 0.25) is 0 Å². The Bertz CT molecular complexity index is 890. The number of sulfonamides is 1. The first-order valence-electron chi connectivity index (χ1n) is 7.51. The van der Waals surface area contributed by atoms with Crippen molar-refractivity contribution in [2.75, 3.05) is 13.2 Å². The molecule has 2 aliphatic rings. The fourth-order valence-corrected chi connectivity index (χ4v) is 4.23. The van der Waals surface area contributed by atoms with Crippen molar-refractivity contribution in [2.45, 2.75) is 11.3 Å². The average molecular weight is 328 g/mol. The topological polar surface area (TPSA) is 67.8 Å². The quantitative estimate of drug-likeness (QED) is 0.916. The summed E-state index contributed by atoms with van der Waals surface area (Å²) in [5.74, 6) is 1.61. The van der Waals surface area contributed by atoms with Crippen LogP contribution in [0.1, 0.15) is 11.1 Å². The highest BCUT2D eigenvalue weighted by atomic mass is 32.2. The van der Waals surface area contributed by atoms with Gasteiger partial charge in [-0.3, -0.25) is 9.71 Å². The molecule has 2 aromatic carbocycles. The summed E-state index contributed by atoms with van der Waals surface area (Å²) in [6.07, 6.45) is 0.890. The van der Waals surface area contributed by atoms with Crippen molar-refractivity contribution in [2.24, 2.45) is 10.9 Å². The van der Waals surface area contributed by atoms with Crippen molar-refractivity contribution in [3.8, 4) is 5.75 Å². The van der Waals surface area contributed by atoms with Crippen LogP contribution in [-0.4, -0.2) is 27.4 Å². The van der Waals surface area contributed by atoms with E-state index in [0.29, 0.717) is 29.4 Å². The van der Waals surface area contributed by atoms with Gasteiger partial charge >= 0.3 is 0 Å². The Labute approximate surface area is 135 Å². The second-order valence-corrected chi connectivity index (χ2v) is 7.43. The lowest BCUT2D eigenvalue weighted by molar-refractivity contribution is 0.227. The van der Waals surface area contributed by atoms with Gasteiger partial charge in [0.25, 0.3) is 10.0 Å².